The molecular weight excluding hydrogens is 562 g/mol. The number of halogens is 1. The molecule has 39 heavy (non-hydrogen) atoms. The van der Waals surface area contributed by atoms with Gasteiger partial charge in [-0.15, -0.1) is 13.2 Å². The maximum absolute atomic E-state index is 14.4. The summed E-state index contributed by atoms with van der Waals surface area (Å²) in [5.74, 6) is -2.19. The summed E-state index contributed by atoms with van der Waals surface area (Å²) in [7, 11) is 0. The van der Waals surface area contributed by atoms with E-state index in [-0.39, 0.29) is 35.7 Å². The number of ether oxygens (including phenoxy) is 1. The van der Waals surface area contributed by atoms with Crippen molar-refractivity contribution in [2.75, 3.05) is 31.1 Å². The van der Waals surface area contributed by atoms with Crippen molar-refractivity contribution in [2.24, 2.45) is 11.8 Å². The third-order valence-corrected chi connectivity index (χ3v) is 8.99. The van der Waals surface area contributed by atoms with Gasteiger partial charge in [-0.3, -0.25) is 14.4 Å². The molecule has 0 radical (unpaired) electrons. The molecule has 3 saturated heterocycles. The van der Waals surface area contributed by atoms with E-state index in [0.717, 1.165) is 0 Å². The molecule has 3 unspecified atom stereocenters. The first-order chi connectivity index (χ1) is 18.5. The first-order valence-electron chi connectivity index (χ1n) is 13.7. The van der Waals surface area contributed by atoms with Gasteiger partial charge in [0.25, 0.3) is 0 Å². The average Bonchev–Trinajstić information content (AvgIpc) is 3.48. The molecule has 1 spiro atoms. The summed E-state index contributed by atoms with van der Waals surface area (Å²) in [6, 6.07) is 8.46. The van der Waals surface area contributed by atoms with Crippen LogP contribution in [0.1, 0.15) is 40.0 Å². The Hall–Kier alpha value is -2.49. The molecule has 3 heterocycles. The molecule has 3 amide bonds. The van der Waals surface area contributed by atoms with E-state index < -0.39 is 35.1 Å². The van der Waals surface area contributed by atoms with Crippen LogP contribution in [0.4, 0.5) is 5.69 Å². The lowest BCUT2D eigenvalue weighted by molar-refractivity contribution is -0.151. The number of likely N-dealkylation sites (tertiary alicyclic amines) is 1. The van der Waals surface area contributed by atoms with Crippen LogP contribution in [0.2, 0.25) is 0 Å². The highest BCUT2D eigenvalue weighted by molar-refractivity contribution is 9.09. The molecule has 0 aliphatic carbocycles. The standard InChI is InChI=1S/C30H40BrN3O5/c1-6-15-32(20-13-9-8-10-14-20)26(36)22-23-27(37)33(17-11-12-18-35)25(30(23)19-21(31)24(22)39-30)28(38)34(16-7-2)29(3,4)5/h6-10,13-14,21-25,35H,1-2,11-12,15-19H2,3-5H3/t21?,22-,23+,24-,25?,30?/m1/s1. The molecule has 1 N–H and O–H groups in total. The number of unbranched alkanes of at least 4 members (excludes halogenated alkanes) is 1. The van der Waals surface area contributed by atoms with Crippen LogP contribution in [0, 0.1) is 11.8 Å². The van der Waals surface area contributed by atoms with Crippen molar-refractivity contribution in [2.45, 2.75) is 68.1 Å². The summed E-state index contributed by atoms with van der Waals surface area (Å²) in [5, 5.41) is 9.40. The van der Waals surface area contributed by atoms with Gasteiger partial charge < -0.3 is 24.5 Å². The molecule has 2 bridgehead atoms. The molecule has 3 fully saturated rings. The van der Waals surface area contributed by atoms with Crippen LogP contribution >= 0.6 is 15.9 Å². The lowest BCUT2D eigenvalue weighted by Crippen LogP contribution is -2.60. The van der Waals surface area contributed by atoms with Gasteiger partial charge in [-0.1, -0.05) is 46.3 Å². The Labute approximate surface area is 239 Å². The predicted octanol–water partition coefficient (Wildman–Crippen LogP) is 3.54. The van der Waals surface area contributed by atoms with Crippen LogP contribution in [-0.4, -0.2) is 87.0 Å². The number of nitrogens with zero attached hydrogens (tertiary/aromatic N) is 3. The zero-order valence-corrected chi connectivity index (χ0v) is 24.7. The molecular formula is C30H40BrN3O5. The van der Waals surface area contributed by atoms with E-state index in [0.29, 0.717) is 38.0 Å². The van der Waals surface area contributed by atoms with E-state index >= 15 is 0 Å². The largest absolute Gasteiger partial charge is 0.396 e. The number of alkyl halides is 1. The summed E-state index contributed by atoms with van der Waals surface area (Å²) in [4.78, 5) is 47.7. The first-order valence-corrected chi connectivity index (χ1v) is 14.6. The van der Waals surface area contributed by atoms with E-state index in [2.05, 4.69) is 29.1 Å². The van der Waals surface area contributed by atoms with Crippen LogP contribution in [-0.2, 0) is 19.1 Å². The second-order valence-corrected chi connectivity index (χ2v) is 12.8. The Balaban J connectivity index is 1.79. The fourth-order valence-corrected chi connectivity index (χ4v) is 7.48. The van der Waals surface area contributed by atoms with Crippen molar-refractivity contribution in [3.8, 4) is 0 Å². The number of benzene rings is 1. The van der Waals surface area contributed by atoms with E-state index in [4.69, 9.17) is 4.74 Å². The van der Waals surface area contributed by atoms with Crippen molar-refractivity contribution in [1.82, 2.24) is 9.80 Å². The molecule has 8 nitrogen and oxygen atoms in total. The topological polar surface area (TPSA) is 90.4 Å². The number of hydrogen-bond donors (Lipinski definition) is 1. The van der Waals surface area contributed by atoms with Gasteiger partial charge in [0.15, 0.2) is 0 Å². The Bertz CT molecular complexity index is 1110. The summed E-state index contributed by atoms with van der Waals surface area (Å²) < 4.78 is 6.67. The van der Waals surface area contributed by atoms with Gasteiger partial charge in [-0.2, -0.15) is 0 Å². The lowest BCUT2D eigenvalue weighted by atomic mass is 9.70. The number of aliphatic hydroxyl groups is 1. The summed E-state index contributed by atoms with van der Waals surface area (Å²) in [6.07, 6.45) is 4.30. The fourth-order valence-electron chi connectivity index (χ4n) is 6.54. The first kappa shape index (κ1) is 29.5. The third-order valence-electron chi connectivity index (χ3n) is 8.15. The Kier molecular flexibility index (Phi) is 8.73. The molecule has 0 saturated carbocycles. The van der Waals surface area contributed by atoms with Crippen LogP contribution < -0.4 is 4.90 Å². The Morgan fingerprint density at radius 1 is 1.15 bits per heavy atom. The van der Waals surface area contributed by atoms with Gasteiger partial charge in [-0.05, 0) is 52.2 Å². The number of aliphatic hydroxyl groups excluding tert-OH is 1. The Morgan fingerprint density at radius 2 is 1.82 bits per heavy atom. The van der Waals surface area contributed by atoms with Crippen molar-refractivity contribution < 1.29 is 24.2 Å². The molecule has 1 aromatic rings. The molecule has 4 rings (SSSR count). The molecule has 1 aromatic carbocycles. The number of fused-ring (bicyclic) bond motifs is 1. The zero-order chi connectivity index (χ0) is 28.5. The van der Waals surface area contributed by atoms with Gasteiger partial charge in [0.1, 0.15) is 11.6 Å². The lowest BCUT2D eigenvalue weighted by Gasteiger charge is -2.42. The number of para-hydroxylation sites is 1. The number of carbonyl (C=O) groups is 3. The highest BCUT2D eigenvalue weighted by atomic mass is 79.9. The normalized spacial score (nSPS) is 29.3. The van der Waals surface area contributed by atoms with Gasteiger partial charge in [-0.25, -0.2) is 0 Å². The summed E-state index contributed by atoms with van der Waals surface area (Å²) in [5.41, 5.74) is -0.936. The van der Waals surface area contributed by atoms with Gasteiger partial charge in [0, 0.05) is 42.3 Å². The van der Waals surface area contributed by atoms with Gasteiger partial charge >= 0.3 is 0 Å². The second-order valence-electron chi connectivity index (χ2n) is 11.6. The zero-order valence-electron chi connectivity index (χ0n) is 23.1. The molecule has 9 heteroatoms. The SMILES string of the molecule is C=CCN(C(=O)[C@H]1[C@@H]2OC3(CC2Br)C(C(=O)N(CC=C)C(C)(C)C)N(CCCCO)C(=O)[C@H]13)c1ccccc1. The summed E-state index contributed by atoms with van der Waals surface area (Å²) >= 11 is 3.75. The number of carbonyl (C=O) groups excluding carboxylic acids is 3. The van der Waals surface area contributed by atoms with Crippen molar-refractivity contribution >= 4 is 39.3 Å². The van der Waals surface area contributed by atoms with E-state index in [9.17, 15) is 19.5 Å². The highest BCUT2D eigenvalue weighted by Gasteiger charge is 2.77. The molecule has 212 valence electrons. The van der Waals surface area contributed by atoms with Crippen LogP contribution in [0.5, 0.6) is 0 Å². The van der Waals surface area contributed by atoms with Crippen molar-refractivity contribution in [1.29, 1.82) is 0 Å². The minimum atomic E-state index is -1.13. The highest BCUT2D eigenvalue weighted by Crippen LogP contribution is 2.60. The van der Waals surface area contributed by atoms with E-state index in [1.807, 2.05) is 51.1 Å². The van der Waals surface area contributed by atoms with Crippen molar-refractivity contribution in [3.63, 3.8) is 0 Å². The van der Waals surface area contributed by atoms with Crippen LogP contribution in [0.3, 0.4) is 0 Å². The van der Waals surface area contributed by atoms with Gasteiger partial charge in [0.2, 0.25) is 17.7 Å². The van der Waals surface area contributed by atoms with Gasteiger partial charge in [0.05, 0.1) is 17.9 Å². The fraction of sp³-hybridized carbons (Fsp3) is 0.567. The van der Waals surface area contributed by atoms with Crippen molar-refractivity contribution in [3.05, 3.63) is 55.6 Å². The summed E-state index contributed by atoms with van der Waals surface area (Å²) in [6.45, 7) is 14.5. The number of rotatable bonds is 11. The number of amides is 3. The van der Waals surface area contributed by atoms with Crippen LogP contribution in [0.25, 0.3) is 0 Å². The minimum Gasteiger partial charge on any atom is -0.396 e. The number of anilines is 1. The second kappa shape index (κ2) is 11.6. The third kappa shape index (κ3) is 5.09. The smallest absolute Gasteiger partial charge is 0.249 e. The van der Waals surface area contributed by atoms with Crippen LogP contribution in [0.15, 0.2) is 55.6 Å². The molecule has 0 aromatic heterocycles. The quantitative estimate of drug-likeness (QED) is 0.238. The molecule has 3 aliphatic rings. The van der Waals surface area contributed by atoms with E-state index in [1.54, 1.807) is 26.9 Å². The monoisotopic (exact) mass is 601 g/mol. The number of hydrogen-bond acceptors (Lipinski definition) is 5. The average molecular weight is 603 g/mol. The molecule has 3 aliphatic heterocycles. The minimum absolute atomic E-state index is 0.00343. The Morgan fingerprint density at radius 3 is 2.41 bits per heavy atom. The maximum Gasteiger partial charge on any atom is 0.249 e. The molecule has 6 atom stereocenters. The maximum atomic E-state index is 14.4. The van der Waals surface area contributed by atoms with E-state index in [1.165, 1.54) is 0 Å². The predicted molar refractivity (Wildman–Crippen MR) is 154 cm³/mol.